The highest BCUT2D eigenvalue weighted by Gasteiger charge is 2.09. The molecule has 0 bridgehead atoms. The number of pyridine rings is 1. The van der Waals surface area contributed by atoms with Crippen LogP contribution >= 0.6 is 0 Å². The van der Waals surface area contributed by atoms with Crippen molar-refractivity contribution < 1.29 is 0 Å². The average molecular weight is 277 g/mol. The molecule has 104 valence electrons. The Balaban J connectivity index is 1.87. The third-order valence-corrected chi connectivity index (χ3v) is 3.48. The Labute approximate surface area is 122 Å². The number of nitrogens with zero attached hydrogens (tertiary/aromatic N) is 4. The van der Waals surface area contributed by atoms with Crippen molar-refractivity contribution in [1.29, 1.82) is 5.26 Å². The number of aromatic nitrogens is 3. The van der Waals surface area contributed by atoms with Gasteiger partial charge in [0, 0.05) is 7.05 Å². The van der Waals surface area contributed by atoms with Crippen LogP contribution in [0.2, 0.25) is 0 Å². The maximum absolute atomic E-state index is 8.86. The first-order valence-corrected chi connectivity index (χ1v) is 6.71. The summed E-state index contributed by atoms with van der Waals surface area (Å²) in [6.07, 6.45) is 0. The first-order chi connectivity index (χ1) is 10.2. The Bertz CT molecular complexity index is 841. The van der Waals surface area contributed by atoms with Gasteiger partial charge in [-0.25, -0.2) is 9.97 Å². The number of nitrogens with one attached hydrogen (secondary N) is 1. The van der Waals surface area contributed by atoms with Crippen molar-refractivity contribution in [2.75, 3.05) is 5.32 Å². The second kappa shape index (κ2) is 5.25. The molecule has 0 aliphatic heterocycles. The Morgan fingerprint density at radius 2 is 2.00 bits per heavy atom. The third kappa shape index (κ3) is 2.43. The maximum Gasteiger partial charge on any atom is 0.142 e. The van der Waals surface area contributed by atoms with E-state index in [2.05, 4.69) is 32.8 Å². The Morgan fingerprint density at radius 1 is 1.19 bits per heavy atom. The minimum absolute atomic E-state index is 0.404. The topological polar surface area (TPSA) is 66.5 Å². The molecule has 1 N–H and O–H groups in total. The highest BCUT2D eigenvalue weighted by molar-refractivity contribution is 5.79. The number of benzene rings is 1. The summed E-state index contributed by atoms with van der Waals surface area (Å²) in [5.74, 6) is 1.61. The number of nitriles is 1. The molecule has 0 atom stereocenters. The van der Waals surface area contributed by atoms with E-state index in [1.165, 1.54) is 5.56 Å². The molecule has 5 heteroatoms. The van der Waals surface area contributed by atoms with Crippen LogP contribution in [0.4, 0.5) is 5.82 Å². The van der Waals surface area contributed by atoms with E-state index in [1.54, 1.807) is 6.07 Å². The smallest absolute Gasteiger partial charge is 0.142 e. The molecule has 0 aliphatic rings. The van der Waals surface area contributed by atoms with Gasteiger partial charge in [0.1, 0.15) is 23.4 Å². The SMILES string of the molecule is Cc1cccc2nc(CNc3cccc(C#N)n3)n(C)c12. The molecule has 21 heavy (non-hydrogen) atoms. The van der Waals surface area contributed by atoms with Gasteiger partial charge in [-0.3, -0.25) is 0 Å². The number of aryl methyl sites for hydroxylation is 2. The lowest BCUT2D eigenvalue weighted by atomic mass is 10.2. The summed E-state index contributed by atoms with van der Waals surface area (Å²) in [7, 11) is 2.01. The number of fused-ring (bicyclic) bond motifs is 1. The van der Waals surface area contributed by atoms with E-state index in [4.69, 9.17) is 5.26 Å². The van der Waals surface area contributed by atoms with Gasteiger partial charge in [-0.05, 0) is 30.7 Å². The summed E-state index contributed by atoms with van der Waals surface area (Å²) in [5, 5.41) is 12.1. The highest BCUT2D eigenvalue weighted by Crippen LogP contribution is 2.19. The fourth-order valence-electron chi connectivity index (χ4n) is 2.44. The van der Waals surface area contributed by atoms with Crippen LogP contribution in [0, 0.1) is 18.3 Å². The molecule has 2 aromatic heterocycles. The number of rotatable bonds is 3. The zero-order valence-corrected chi connectivity index (χ0v) is 12.0. The lowest BCUT2D eigenvalue weighted by Gasteiger charge is -2.06. The van der Waals surface area contributed by atoms with E-state index in [-0.39, 0.29) is 0 Å². The summed E-state index contributed by atoms with van der Waals surface area (Å²) in [4.78, 5) is 8.84. The first kappa shape index (κ1) is 13.1. The molecular weight excluding hydrogens is 262 g/mol. The van der Waals surface area contributed by atoms with E-state index >= 15 is 0 Å². The van der Waals surface area contributed by atoms with Gasteiger partial charge in [-0.1, -0.05) is 18.2 Å². The van der Waals surface area contributed by atoms with Crippen LogP contribution in [0.15, 0.2) is 36.4 Å². The summed E-state index contributed by atoms with van der Waals surface area (Å²) < 4.78 is 2.09. The van der Waals surface area contributed by atoms with Crippen LogP contribution < -0.4 is 5.32 Å². The molecule has 0 fully saturated rings. The van der Waals surface area contributed by atoms with Gasteiger partial charge < -0.3 is 9.88 Å². The van der Waals surface area contributed by atoms with Crippen LogP contribution in [0.1, 0.15) is 17.1 Å². The zero-order valence-electron chi connectivity index (χ0n) is 12.0. The lowest BCUT2D eigenvalue weighted by molar-refractivity contribution is 0.830. The normalized spacial score (nSPS) is 10.5. The number of anilines is 1. The van der Waals surface area contributed by atoms with Gasteiger partial charge in [0.15, 0.2) is 0 Å². The maximum atomic E-state index is 8.86. The van der Waals surface area contributed by atoms with Crippen molar-refractivity contribution in [3.8, 4) is 6.07 Å². The summed E-state index contributed by atoms with van der Waals surface area (Å²) in [6, 6.07) is 13.5. The van der Waals surface area contributed by atoms with Crippen LogP contribution in [0.5, 0.6) is 0 Å². The molecule has 3 aromatic rings. The molecule has 0 spiro atoms. The molecule has 0 radical (unpaired) electrons. The minimum atomic E-state index is 0.404. The second-order valence-electron chi connectivity index (χ2n) is 4.90. The monoisotopic (exact) mass is 277 g/mol. The fourth-order valence-corrected chi connectivity index (χ4v) is 2.44. The lowest BCUT2D eigenvalue weighted by Crippen LogP contribution is -2.07. The number of imidazole rings is 1. The van der Waals surface area contributed by atoms with Gasteiger partial charge in [0.05, 0.1) is 17.6 Å². The Hall–Kier alpha value is -2.87. The molecule has 0 amide bonds. The van der Waals surface area contributed by atoms with E-state index in [9.17, 15) is 0 Å². The molecular formula is C16H15N5. The van der Waals surface area contributed by atoms with Gasteiger partial charge in [0.25, 0.3) is 0 Å². The van der Waals surface area contributed by atoms with E-state index in [1.807, 2.05) is 37.4 Å². The Morgan fingerprint density at radius 3 is 2.76 bits per heavy atom. The molecule has 0 unspecified atom stereocenters. The molecule has 0 aliphatic carbocycles. The van der Waals surface area contributed by atoms with E-state index in [0.29, 0.717) is 18.1 Å². The average Bonchev–Trinajstić information content (AvgIpc) is 2.83. The molecule has 3 rings (SSSR count). The molecule has 1 aromatic carbocycles. The molecule has 0 saturated carbocycles. The number of hydrogen-bond donors (Lipinski definition) is 1. The Kier molecular flexibility index (Phi) is 3.28. The van der Waals surface area contributed by atoms with Crippen LogP contribution in [0.3, 0.4) is 0 Å². The zero-order chi connectivity index (χ0) is 14.8. The number of para-hydroxylation sites is 1. The van der Waals surface area contributed by atoms with E-state index < -0.39 is 0 Å². The van der Waals surface area contributed by atoms with Crippen molar-refractivity contribution in [1.82, 2.24) is 14.5 Å². The van der Waals surface area contributed by atoms with Crippen LogP contribution in [-0.2, 0) is 13.6 Å². The fraction of sp³-hybridized carbons (Fsp3) is 0.188. The standard InChI is InChI=1S/C16H15N5/c1-11-5-3-7-13-16(11)21(2)15(20-13)10-18-14-8-4-6-12(9-17)19-14/h3-8H,10H2,1-2H3,(H,18,19). The first-order valence-electron chi connectivity index (χ1n) is 6.71. The predicted molar refractivity (Wildman–Crippen MR) is 81.7 cm³/mol. The molecule has 2 heterocycles. The van der Waals surface area contributed by atoms with Crippen LogP contribution in [0.25, 0.3) is 11.0 Å². The second-order valence-corrected chi connectivity index (χ2v) is 4.90. The van der Waals surface area contributed by atoms with Gasteiger partial charge >= 0.3 is 0 Å². The van der Waals surface area contributed by atoms with Gasteiger partial charge in [-0.15, -0.1) is 0 Å². The van der Waals surface area contributed by atoms with Crippen molar-refractivity contribution in [2.24, 2.45) is 7.05 Å². The van der Waals surface area contributed by atoms with Crippen molar-refractivity contribution >= 4 is 16.9 Å². The predicted octanol–water partition coefficient (Wildman–Crippen LogP) is 2.76. The minimum Gasteiger partial charge on any atom is -0.363 e. The van der Waals surface area contributed by atoms with Crippen molar-refractivity contribution in [3.63, 3.8) is 0 Å². The number of hydrogen-bond acceptors (Lipinski definition) is 4. The highest BCUT2D eigenvalue weighted by atomic mass is 15.1. The quantitative estimate of drug-likeness (QED) is 0.799. The summed E-state index contributed by atoms with van der Waals surface area (Å²) in [6.45, 7) is 2.64. The van der Waals surface area contributed by atoms with Crippen molar-refractivity contribution in [2.45, 2.75) is 13.5 Å². The van der Waals surface area contributed by atoms with Crippen LogP contribution in [-0.4, -0.2) is 14.5 Å². The largest absolute Gasteiger partial charge is 0.363 e. The van der Waals surface area contributed by atoms with Gasteiger partial charge in [0.2, 0.25) is 0 Å². The summed E-state index contributed by atoms with van der Waals surface area (Å²) >= 11 is 0. The molecule has 5 nitrogen and oxygen atoms in total. The molecule has 0 saturated heterocycles. The summed E-state index contributed by atoms with van der Waals surface area (Å²) in [5.41, 5.74) is 3.75. The van der Waals surface area contributed by atoms with E-state index in [0.717, 1.165) is 16.9 Å². The van der Waals surface area contributed by atoms with Gasteiger partial charge in [-0.2, -0.15) is 5.26 Å². The third-order valence-electron chi connectivity index (χ3n) is 3.48. The van der Waals surface area contributed by atoms with Crippen molar-refractivity contribution in [3.05, 3.63) is 53.5 Å².